The Hall–Kier alpha value is -3.67. The number of nitrogens with zero attached hydrogens (tertiary/aromatic N) is 2. The van der Waals surface area contributed by atoms with Crippen molar-refractivity contribution in [2.75, 3.05) is 18.4 Å². The molecule has 1 atom stereocenters. The Morgan fingerprint density at radius 2 is 1.90 bits per heavy atom. The Bertz CT molecular complexity index is 1070. The van der Waals surface area contributed by atoms with E-state index in [-0.39, 0.29) is 18.0 Å². The van der Waals surface area contributed by atoms with E-state index < -0.39 is 0 Å². The highest BCUT2D eigenvalue weighted by molar-refractivity contribution is 5.99. The first-order valence-corrected chi connectivity index (χ1v) is 10.6. The summed E-state index contributed by atoms with van der Waals surface area (Å²) in [6.07, 6.45) is 3.06. The third-order valence-corrected chi connectivity index (χ3v) is 5.34. The molecule has 158 valence electrons. The van der Waals surface area contributed by atoms with Crippen LogP contribution in [0.3, 0.4) is 0 Å². The lowest BCUT2D eigenvalue weighted by atomic mass is 10.1. The molecule has 1 unspecified atom stereocenters. The van der Waals surface area contributed by atoms with Crippen molar-refractivity contribution >= 4 is 17.5 Å². The lowest BCUT2D eigenvalue weighted by Crippen LogP contribution is -2.33. The van der Waals surface area contributed by atoms with E-state index in [1.54, 1.807) is 12.3 Å². The first-order chi connectivity index (χ1) is 15.2. The van der Waals surface area contributed by atoms with Crippen LogP contribution in [-0.4, -0.2) is 34.8 Å². The van der Waals surface area contributed by atoms with Gasteiger partial charge in [0, 0.05) is 53.8 Å². The number of rotatable bonds is 8. The average Bonchev–Trinajstić information content (AvgIpc) is 3.06. The van der Waals surface area contributed by atoms with Gasteiger partial charge in [-0.05, 0) is 42.8 Å². The van der Waals surface area contributed by atoms with E-state index in [1.807, 2.05) is 65.6 Å². The van der Waals surface area contributed by atoms with Crippen LogP contribution in [0.25, 0.3) is 0 Å². The van der Waals surface area contributed by atoms with Crippen molar-refractivity contribution in [3.8, 4) is 0 Å². The minimum absolute atomic E-state index is 0.0402. The minimum Gasteiger partial charge on any atom is -0.361 e. The normalized spacial score (nSPS) is 14.9. The number of benzene rings is 2. The molecule has 1 aromatic heterocycles. The molecule has 0 spiro atoms. The average molecular weight is 415 g/mol. The van der Waals surface area contributed by atoms with Crippen LogP contribution in [0.1, 0.15) is 51.5 Å². The molecule has 0 radical (unpaired) electrons. The molecule has 6 nitrogen and oxygen atoms in total. The predicted octanol–water partition coefficient (Wildman–Crippen LogP) is 4.03. The lowest BCUT2D eigenvalue weighted by Gasteiger charge is -2.27. The monoisotopic (exact) mass is 414 g/mol. The molecule has 4 rings (SSSR count). The van der Waals surface area contributed by atoms with Crippen LogP contribution in [0.4, 0.5) is 5.69 Å². The number of hydrogen-bond acceptors (Lipinski definition) is 4. The highest BCUT2D eigenvalue weighted by Crippen LogP contribution is 2.34. The molecule has 2 aromatic carbocycles. The summed E-state index contributed by atoms with van der Waals surface area (Å²) in [6, 6.07) is 20.8. The summed E-state index contributed by atoms with van der Waals surface area (Å²) in [5.41, 5.74) is 4.01. The van der Waals surface area contributed by atoms with E-state index in [0.29, 0.717) is 25.1 Å². The Balaban J connectivity index is 1.45. The van der Waals surface area contributed by atoms with E-state index in [2.05, 4.69) is 22.5 Å². The molecule has 0 fully saturated rings. The predicted molar refractivity (Wildman–Crippen MR) is 121 cm³/mol. The van der Waals surface area contributed by atoms with Crippen molar-refractivity contribution in [1.29, 1.82) is 0 Å². The summed E-state index contributed by atoms with van der Waals surface area (Å²) in [7, 11) is 0. The second-order valence-electron chi connectivity index (χ2n) is 7.54. The van der Waals surface area contributed by atoms with Crippen LogP contribution in [-0.2, 0) is 6.42 Å². The Morgan fingerprint density at radius 1 is 1.06 bits per heavy atom. The topological polar surface area (TPSA) is 74.3 Å². The summed E-state index contributed by atoms with van der Waals surface area (Å²) < 4.78 is 0. The largest absolute Gasteiger partial charge is 0.361 e. The van der Waals surface area contributed by atoms with Gasteiger partial charge in [0.15, 0.2) is 0 Å². The molecule has 2 heterocycles. The first kappa shape index (κ1) is 20.6. The Morgan fingerprint density at radius 3 is 2.71 bits per heavy atom. The number of anilines is 1. The molecular formula is C25H26N4O2. The summed E-state index contributed by atoms with van der Waals surface area (Å²) in [5.74, 6) is -0.0914. The number of pyridine rings is 1. The van der Waals surface area contributed by atoms with Gasteiger partial charge in [0.05, 0.1) is 0 Å². The molecular weight excluding hydrogens is 388 g/mol. The van der Waals surface area contributed by atoms with Crippen LogP contribution < -0.4 is 10.6 Å². The maximum absolute atomic E-state index is 12.8. The van der Waals surface area contributed by atoms with Crippen molar-refractivity contribution in [3.63, 3.8) is 0 Å². The number of aromatic nitrogens is 1. The van der Waals surface area contributed by atoms with Gasteiger partial charge in [-0.1, -0.05) is 37.3 Å². The van der Waals surface area contributed by atoms with Crippen molar-refractivity contribution in [1.82, 2.24) is 15.2 Å². The van der Waals surface area contributed by atoms with E-state index >= 15 is 0 Å². The smallest absolute Gasteiger partial charge is 0.256 e. The van der Waals surface area contributed by atoms with Gasteiger partial charge in [-0.2, -0.15) is 0 Å². The standard InChI is InChI=1S/C25H26N4O2/c1-2-16-29-23(21-11-3-4-12-22(21)25(29)31)28-20-10-7-8-18(17-20)24(30)27-15-13-19-9-5-6-14-26-19/h3-12,14,17,23,28H,2,13,15-16H2,1H3,(H,27,30). The summed E-state index contributed by atoms with van der Waals surface area (Å²) in [6.45, 7) is 3.24. The molecule has 31 heavy (non-hydrogen) atoms. The van der Waals surface area contributed by atoms with Crippen LogP contribution in [0, 0.1) is 0 Å². The number of carbonyl (C=O) groups is 2. The Labute approximate surface area is 182 Å². The van der Waals surface area contributed by atoms with Gasteiger partial charge in [0.25, 0.3) is 11.8 Å². The molecule has 1 aliphatic heterocycles. The summed E-state index contributed by atoms with van der Waals surface area (Å²) in [5, 5.41) is 6.40. The highest BCUT2D eigenvalue weighted by Gasteiger charge is 2.35. The summed E-state index contributed by atoms with van der Waals surface area (Å²) in [4.78, 5) is 31.6. The van der Waals surface area contributed by atoms with Crippen LogP contribution in [0.15, 0.2) is 72.9 Å². The minimum atomic E-state index is -0.244. The highest BCUT2D eigenvalue weighted by atomic mass is 16.2. The van der Waals surface area contributed by atoms with Gasteiger partial charge < -0.3 is 15.5 Å². The molecule has 0 aliphatic carbocycles. The van der Waals surface area contributed by atoms with Gasteiger partial charge in [0.1, 0.15) is 6.17 Å². The zero-order valence-corrected chi connectivity index (χ0v) is 17.5. The van der Waals surface area contributed by atoms with Crippen LogP contribution in [0.5, 0.6) is 0 Å². The Kier molecular flexibility index (Phi) is 6.26. The fourth-order valence-electron chi connectivity index (χ4n) is 3.86. The van der Waals surface area contributed by atoms with Crippen molar-refractivity contribution < 1.29 is 9.59 Å². The second-order valence-corrected chi connectivity index (χ2v) is 7.54. The van der Waals surface area contributed by atoms with Crippen molar-refractivity contribution in [3.05, 3.63) is 95.3 Å². The van der Waals surface area contributed by atoms with Crippen LogP contribution >= 0.6 is 0 Å². The first-order valence-electron chi connectivity index (χ1n) is 10.6. The number of fused-ring (bicyclic) bond motifs is 1. The number of amides is 2. The van der Waals surface area contributed by atoms with Gasteiger partial charge in [-0.25, -0.2) is 0 Å². The molecule has 0 saturated carbocycles. The number of hydrogen-bond donors (Lipinski definition) is 2. The SMILES string of the molecule is CCCN1C(=O)c2ccccc2C1Nc1cccc(C(=O)NCCc2ccccn2)c1. The van der Waals surface area contributed by atoms with Gasteiger partial charge in [-0.15, -0.1) is 0 Å². The fourth-order valence-corrected chi connectivity index (χ4v) is 3.86. The lowest BCUT2D eigenvalue weighted by molar-refractivity contribution is 0.0742. The third kappa shape index (κ3) is 4.58. The fraction of sp³-hybridized carbons (Fsp3) is 0.240. The molecule has 2 amide bonds. The van der Waals surface area contributed by atoms with Crippen molar-refractivity contribution in [2.24, 2.45) is 0 Å². The van der Waals surface area contributed by atoms with E-state index in [1.165, 1.54) is 0 Å². The van der Waals surface area contributed by atoms with Crippen molar-refractivity contribution in [2.45, 2.75) is 25.9 Å². The van der Waals surface area contributed by atoms with Gasteiger partial charge in [0.2, 0.25) is 0 Å². The third-order valence-electron chi connectivity index (χ3n) is 5.34. The maximum atomic E-state index is 12.8. The van der Waals surface area contributed by atoms with Gasteiger partial charge in [-0.3, -0.25) is 14.6 Å². The maximum Gasteiger partial charge on any atom is 0.256 e. The number of nitrogens with one attached hydrogen (secondary N) is 2. The zero-order chi connectivity index (χ0) is 21.6. The van der Waals surface area contributed by atoms with E-state index in [9.17, 15) is 9.59 Å². The number of carbonyl (C=O) groups excluding carboxylic acids is 2. The van der Waals surface area contributed by atoms with E-state index in [4.69, 9.17) is 0 Å². The van der Waals surface area contributed by atoms with Crippen LogP contribution in [0.2, 0.25) is 0 Å². The quantitative estimate of drug-likeness (QED) is 0.584. The molecule has 2 N–H and O–H groups in total. The molecule has 3 aromatic rings. The molecule has 6 heteroatoms. The molecule has 0 saturated heterocycles. The molecule has 0 bridgehead atoms. The van der Waals surface area contributed by atoms with Gasteiger partial charge >= 0.3 is 0 Å². The summed E-state index contributed by atoms with van der Waals surface area (Å²) >= 11 is 0. The van der Waals surface area contributed by atoms with E-state index in [0.717, 1.165) is 28.9 Å². The zero-order valence-electron chi connectivity index (χ0n) is 17.5. The molecule has 1 aliphatic rings. The second kappa shape index (κ2) is 9.43.